The minimum atomic E-state index is -3.26. The first-order valence-corrected chi connectivity index (χ1v) is 10.6. The molecular formula is C16H28N2O5S. The molecule has 0 aliphatic carbocycles. The molecule has 0 unspecified atom stereocenters. The standard InChI is InChI=1S/C16H28N2O5S/c19-16(15-3-8-22-9-4-15)17-5-1-2-14(12-17)13-24(20,21)18-6-10-23-11-7-18/h14-15H,1-13H2/t14-/m0/s1. The number of piperidine rings is 1. The summed E-state index contributed by atoms with van der Waals surface area (Å²) in [6, 6.07) is 0. The first-order valence-electron chi connectivity index (χ1n) is 8.98. The van der Waals surface area contributed by atoms with Gasteiger partial charge in [0.05, 0.1) is 19.0 Å². The molecule has 138 valence electrons. The minimum absolute atomic E-state index is 0.0374. The number of ether oxygens (including phenoxy) is 2. The summed E-state index contributed by atoms with van der Waals surface area (Å²) in [5, 5.41) is 0. The second-order valence-electron chi connectivity index (χ2n) is 6.97. The molecule has 0 spiro atoms. The quantitative estimate of drug-likeness (QED) is 0.721. The summed E-state index contributed by atoms with van der Waals surface area (Å²) in [5.74, 6) is 0.417. The van der Waals surface area contributed by atoms with Crippen LogP contribution >= 0.6 is 0 Å². The van der Waals surface area contributed by atoms with Crippen LogP contribution in [0.15, 0.2) is 0 Å². The Bertz CT molecular complexity index is 527. The lowest BCUT2D eigenvalue weighted by atomic mass is 9.95. The summed E-state index contributed by atoms with van der Waals surface area (Å²) in [4.78, 5) is 14.5. The number of carbonyl (C=O) groups is 1. The Kier molecular flexibility index (Phi) is 6.12. The molecule has 0 aromatic carbocycles. The van der Waals surface area contributed by atoms with Crippen LogP contribution < -0.4 is 0 Å². The fourth-order valence-corrected chi connectivity index (χ4v) is 5.62. The Balaban J connectivity index is 1.55. The van der Waals surface area contributed by atoms with Crippen LogP contribution in [0.3, 0.4) is 0 Å². The largest absolute Gasteiger partial charge is 0.381 e. The average molecular weight is 360 g/mol. The van der Waals surface area contributed by atoms with Gasteiger partial charge in [-0.2, -0.15) is 4.31 Å². The van der Waals surface area contributed by atoms with Crippen LogP contribution in [0.25, 0.3) is 0 Å². The second-order valence-corrected chi connectivity index (χ2v) is 8.98. The van der Waals surface area contributed by atoms with Gasteiger partial charge in [-0.3, -0.25) is 4.79 Å². The highest BCUT2D eigenvalue weighted by Gasteiger charge is 2.33. The Hall–Kier alpha value is -0.700. The molecular weight excluding hydrogens is 332 g/mol. The van der Waals surface area contributed by atoms with Gasteiger partial charge in [-0.25, -0.2) is 8.42 Å². The maximum Gasteiger partial charge on any atom is 0.225 e. The average Bonchev–Trinajstić information content (AvgIpc) is 2.62. The molecule has 3 aliphatic rings. The van der Waals surface area contributed by atoms with E-state index in [4.69, 9.17) is 9.47 Å². The molecule has 3 heterocycles. The zero-order chi connectivity index (χ0) is 17.0. The molecule has 7 nitrogen and oxygen atoms in total. The van der Waals surface area contributed by atoms with Crippen LogP contribution in [-0.4, -0.2) is 81.9 Å². The Morgan fingerprint density at radius 3 is 2.33 bits per heavy atom. The zero-order valence-corrected chi connectivity index (χ0v) is 15.0. The molecule has 8 heteroatoms. The first-order chi connectivity index (χ1) is 11.6. The first kappa shape index (κ1) is 18.1. The summed E-state index contributed by atoms with van der Waals surface area (Å²) < 4.78 is 37.3. The highest BCUT2D eigenvalue weighted by molar-refractivity contribution is 7.89. The lowest BCUT2D eigenvalue weighted by Gasteiger charge is -2.36. The molecule has 1 atom stereocenters. The summed E-state index contributed by atoms with van der Waals surface area (Å²) in [5.41, 5.74) is 0. The van der Waals surface area contributed by atoms with Crippen LogP contribution in [-0.2, 0) is 24.3 Å². The van der Waals surface area contributed by atoms with Crippen LogP contribution in [0.1, 0.15) is 25.7 Å². The second kappa shape index (κ2) is 8.12. The third-order valence-electron chi connectivity index (χ3n) is 5.21. The van der Waals surface area contributed by atoms with Gasteiger partial charge < -0.3 is 14.4 Å². The SMILES string of the molecule is O=C(C1CCOCC1)N1CCC[C@H](CS(=O)(=O)N2CCOCC2)C1. The number of likely N-dealkylation sites (tertiary alicyclic amines) is 1. The van der Waals surface area contributed by atoms with Gasteiger partial charge in [0, 0.05) is 45.3 Å². The van der Waals surface area contributed by atoms with E-state index >= 15 is 0 Å². The maximum atomic E-state index is 12.7. The monoisotopic (exact) mass is 360 g/mol. The van der Waals surface area contributed by atoms with Gasteiger partial charge in [0.25, 0.3) is 0 Å². The van der Waals surface area contributed by atoms with Crippen LogP contribution in [0.2, 0.25) is 0 Å². The summed E-state index contributed by atoms with van der Waals surface area (Å²) in [6.07, 6.45) is 3.33. The predicted molar refractivity (Wildman–Crippen MR) is 89.0 cm³/mol. The van der Waals surface area contributed by atoms with Gasteiger partial charge in [0.1, 0.15) is 0 Å². The molecule has 3 rings (SSSR count). The van der Waals surface area contributed by atoms with E-state index in [-0.39, 0.29) is 23.5 Å². The number of amides is 1. The normalized spacial score (nSPS) is 28.0. The third-order valence-corrected chi connectivity index (χ3v) is 7.26. The van der Waals surface area contributed by atoms with Crippen molar-refractivity contribution < 1.29 is 22.7 Å². The van der Waals surface area contributed by atoms with Crippen molar-refractivity contribution in [3.63, 3.8) is 0 Å². The maximum absolute atomic E-state index is 12.7. The number of nitrogens with zero attached hydrogens (tertiary/aromatic N) is 2. The summed E-state index contributed by atoms with van der Waals surface area (Å²) >= 11 is 0. The van der Waals surface area contributed by atoms with E-state index < -0.39 is 10.0 Å². The number of sulfonamides is 1. The van der Waals surface area contributed by atoms with Crippen LogP contribution in [0, 0.1) is 11.8 Å². The van der Waals surface area contributed by atoms with E-state index in [1.807, 2.05) is 4.90 Å². The van der Waals surface area contributed by atoms with Gasteiger partial charge in [0.2, 0.25) is 15.9 Å². The van der Waals surface area contributed by atoms with E-state index in [0.29, 0.717) is 46.1 Å². The van der Waals surface area contributed by atoms with Crippen molar-refractivity contribution in [2.75, 3.05) is 58.4 Å². The molecule has 3 fully saturated rings. The van der Waals surface area contributed by atoms with Gasteiger partial charge >= 0.3 is 0 Å². The van der Waals surface area contributed by atoms with Crippen LogP contribution in [0.5, 0.6) is 0 Å². The molecule has 3 aliphatic heterocycles. The van der Waals surface area contributed by atoms with Crippen molar-refractivity contribution in [2.45, 2.75) is 25.7 Å². The Labute approximate surface area is 144 Å². The van der Waals surface area contributed by atoms with Gasteiger partial charge in [-0.15, -0.1) is 0 Å². The van der Waals surface area contributed by atoms with Gasteiger partial charge in [0.15, 0.2) is 0 Å². The van der Waals surface area contributed by atoms with E-state index in [1.54, 1.807) is 0 Å². The van der Waals surface area contributed by atoms with Crippen molar-refractivity contribution in [1.82, 2.24) is 9.21 Å². The smallest absolute Gasteiger partial charge is 0.225 e. The van der Waals surface area contributed by atoms with Crippen molar-refractivity contribution in [1.29, 1.82) is 0 Å². The molecule has 3 saturated heterocycles. The van der Waals surface area contributed by atoms with Crippen molar-refractivity contribution in [3.05, 3.63) is 0 Å². The molecule has 24 heavy (non-hydrogen) atoms. The van der Waals surface area contributed by atoms with E-state index in [9.17, 15) is 13.2 Å². The van der Waals surface area contributed by atoms with Crippen molar-refractivity contribution in [2.24, 2.45) is 11.8 Å². The van der Waals surface area contributed by atoms with Gasteiger partial charge in [-0.1, -0.05) is 0 Å². The molecule has 0 N–H and O–H groups in total. The highest BCUT2D eigenvalue weighted by Crippen LogP contribution is 2.24. The van der Waals surface area contributed by atoms with E-state index in [1.165, 1.54) is 4.31 Å². The molecule has 1 amide bonds. The minimum Gasteiger partial charge on any atom is -0.381 e. The third kappa shape index (κ3) is 4.47. The lowest BCUT2D eigenvalue weighted by molar-refractivity contribution is -0.140. The van der Waals surface area contributed by atoms with Crippen LogP contribution in [0.4, 0.5) is 0 Å². The van der Waals surface area contributed by atoms with Gasteiger partial charge in [-0.05, 0) is 31.6 Å². The molecule has 0 saturated carbocycles. The highest BCUT2D eigenvalue weighted by atomic mass is 32.2. The summed E-state index contributed by atoms with van der Waals surface area (Å²) in [6.45, 7) is 4.46. The topological polar surface area (TPSA) is 76.2 Å². The van der Waals surface area contributed by atoms with Crippen molar-refractivity contribution in [3.8, 4) is 0 Å². The van der Waals surface area contributed by atoms with Crippen molar-refractivity contribution >= 4 is 15.9 Å². The number of rotatable bonds is 4. The molecule has 0 aromatic heterocycles. The number of carbonyl (C=O) groups excluding carboxylic acids is 1. The van der Waals surface area contributed by atoms with E-state index in [2.05, 4.69) is 0 Å². The Morgan fingerprint density at radius 1 is 0.958 bits per heavy atom. The zero-order valence-electron chi connectivity index (χ0n) is 14.2. The molecule has 0 aromatic rings. The number of hydrogen-bond donors (Lipinski definition) is 0. The predicted octanol–water partition coefficient (Wildman–Crippen LogP) is 0.314. The summed E-state index contributed by atoms with van der Waals surface area (Å²) in [7, 11) is -3.26. The fraction of sp³-hybridized carbons (Fsp3) is 0.938. The number of morpholine rings is 1. The van der Waals surface area contributed by atoms with E-state index in [0.717, 1.165) is 32.2 Å². The lowest BCUT2D eigenvalue weighted by Crippen LogP contribution is -2.48. The molecule has 0 radical (unpaired) electrons. The number of hydrogen-bond acceptors (Lipinski definition) is 5. The molecule has 0 bridgehead atoms. The fourth-order valence-electron chi connectivity index (χ4n) is 3.83. The Morgan fingerprint density at radius 2 is 1.62 bits per heavy atom.